The van der Waals surface area contributed by atoms with Crippen molar-refractivity contribution in [3.8, 4) is 23.0 Å². The molecular weight excluding hydrogens is 437 g/mol. The molecule has 170 valence electrons. The fourth-order valence-electron chi connectivity index (χ4n) is 3.76. The smallest absolute Gasteiger partial charge is 0.200 e. The summed E-state index contributed by atoms with van der Waals surface area (Å²) in [6.07, 6.45) is 5.08. The quantitative estimate of drug-likeness (QED) is 0.431. The monoisotopic (exact) mass is 461 g/mol. The van der Waals surface area contributed by atoms with Crippen molar-refractivity contribution in [3.05, 3.63) is 41.5 Å². The van der Waals surface area contributed by atoms with E-state index in [-0.39, 0.29) is 16.8 Å². The number of fused-ring (bicyclic) bond motifs is 1. The maximum absolute atomic E-state index is 15.3. The van der Waals surface area contributed by atoms with E-state index >= 15 is 4.39 Å². The fraction of sp³-hybridized carbons (Fsp3) is 0.381. The van der Waals surface area contributed by atoms with Crippen molar-refractivity contribution in [2.24, 2.45) is 7.05 Å². The van der Waals surface area contributed by atoms with Crippen molar-refractivity contribution in [2.75, 3.05) is 34.4 Å². The molecule has 0 amide bonds. The number of nitrogens with one attached hydrogen (secondary N) is 1. The standard InChI is InChI=1S/C21H25ClFN7O2/c1-12(28(2)8-9-31-4)20-25-21(27-26-20)19-18(30-7-6-24-11-30)13-10-14(32-5)15(22)16(23)17(13)29(19)3/h6-7,10-12H,8-9H2,1-5H3,(H,25,26,27). The van der Waals surface area contributed by atoms with Crippen molar-refractivity contribution in [3.63, 3.8) is 0 Å². The van der Waals surface area contributed by atoms with Gasteiger partial charge in [0.15, 0.2) is 11.6 Å². The van der Waals surface area contributed by atoms with Gasteiger partial charge < -0.3 is 18.6 Å². The molecule has 3 heterocycles. The number of hydrogen-bond acceptors (Lipinski definition) is 6. The van der Waals surface area contributed by atoms with E-state index in [1.165, 1.54) is 7.11 Å². The number of likely N-dealkylation sites (N-methyl/N-ethyl adjacent to an activating group) is 1. The van der Waals surface area contributed by atoms with Crippen LogP contribution in [0.15, 0.2) is 24.8 Å². The second-order valence-corrected chi connectivity index (χ2v) is 7.90. The molecule has 11 heteroatoms. The molecule has 0 aliphatic heterocycles. The maximum atomic E-state index is 15.3. The van der Waals surface area contributed by atoms with Gasteiger partial charge in [-0.25, -0.2) is 14.4 Å². The molecule has 0 radical (unpaired) electrons. The minimum atomic E-state index is -0.570. The molecule has 9 nitrogen and oxygen atoms in total. The lowest BCUT2D eigenvalue weighted by Gasteiger charge is -2.21. The molecule has 1 unspecified atom stereocenters. The lowest BCUT2D eigenvalue weighted by Crippen LogP contribution is -2.26. The number of aryl methyl sites for hydroxylation is 1. The molecular formula is C21H25ClFN7O2. The Bertz CT molecular complexity index is 1240. The van der Waals surface area contributed by atoms with Gasteiger partial charge >= 0.3 is 0 Å². The first-order chi connectivity index (χ1) is 15.4. The SMILES string of the molecule is COCCN(C)C(C)c1nc(-c2c(-n3ccnc3)c3cc(OC)c(Cl)c(F)c3n2C)n[nH]1. The molecule has 0 bridgehead atoms. The zero-order valence-corrected chi connectivity index (χ0v) is 19.3. The molecule has 0 aliphatic carbocycles. The molecule has 1 aromatic carbocycles. The van der Waals surface area contributed by atoms with Gasteiger partial charge in [0.05, 0.1) is 37.3 Å². The number of aromatic amines is 1. The Hall–Kier alpha value is -2.95. The van der Waals surface area contributed by atoms with Crippen molar-refractivity contribution in [1.82, 2.24) is 34.2 Å². The van der Waals surface area contributed by atoms with Gasteiger partial charge in [0.1, 0.15) is 22.3 Å². The number of benzene rings is 1. The average Bonchev–Trinajstić information content (AvgIpc) is 3.53. The van der Waals surface area contributed by atoms with Crippen LogP contribution in [-0.2, 0) is 11.8 Å². The summed E-state index contributed by atoms with van der Waals surface area (Å²) in [4.78, 5) is 11.0. The molecule has 4 aromatic rings. The molecule has 4 rings (SSSR count). The Kier molecular flexibility index (Phi) is 6.18. The Morgan fingerprint density at radius 3 is 2.78 bits per heavy atom. The van der Waals surface area contributed by atoms with E-state index in [9.17, 15) is 0 Å². The van der Waals surface area contributed by atoms with Gasteiger partial charge in [0, 0.05) is 38.5 Å². The fourth-order valence-corrected chi connectivity index (χ4v) is 3.98. The van der Waals surface area contributed by atoms with Crippen LogP contribution in [-0.4, -0.2) is 68.6 Å². The number of methoxy groups -OCH3 is 2. The number of rotatable bonds is 8. The molecule has 0 aliphatic rings. The number of ether oxygens (including phenoxy) is 2. The minimum absolute atomic E-state index is 0.0240. The summed E-state index contributed by atoms with van der Waals surface area (Å²) in [7, 11) is 6.87. The average molecular weight is 462 g/mol. The molecule has 0 fully saturated rings. The summed E-state index contributed by atoms with van der Waals surface area (Å²) < 4.78 is 29.3. The maximum Gasteiger partial charge on any atom is 0.200 e. The van der Waals surface area contributed by atoms with Crippen LogP contribution in [0.25, 0.3) is 28.1 Å². The first kappa shape index (κ1) is 22.3. The Balaban J connectivity index is 1.90. The lowest BCUT2D eigenvalue weighted by atomic mass is 10.2. The van der Waals surface area contributed by atoms with Gasteiger partial charge in [-0.15, -0.1) is 0 Å². The predicted octanol–water partition coefficient (Wildman–Crippen LogP) is 3.59. The Labute approximate surface area is 189 Å². The predicted molar refractivity (Wildman–Crippen MR) is 120 cm³/mol. The molecule has 32 heavy (non-hydrogen) atoms. The third kappa shape index (κ3) is 3.64. The third-order valence-electron chi connectivity index (χ3n) is 5.70. The van der Waals surface area contributed by atoms with Crippen molar-refractivity contribution in [1.29, 1.82) is 0 Å². The van der Waals surface area contributed by atoms with Crippen LogP contribution in [0.2, 0.25) is 5.02 Å². The second-order valence-electron chi connectivity index (χ2n) is 7.52. The van der Waals surface area contributed by atoms with Crippen LogP contribution in [0.3, 0.4) is 0 Å². The van der Waals surface area contributed by atoms with Gasteiger partial charge in [0.2, 0.25) is 0 Å². The van der Waals surface area contributed by atoms with Gasteiger partial charge in [-0.1, -0.05) is 11.6 Å². The highest BCUT2D eigenvalue weighted by Crippen LogP contribution is 2.41. The highest BCUT2D eigenvalue weighted by Gasteiger charge is 2.27. The van der Waals surface area contributed by atoms with E-state index in [2.05, 4.69) is 20.1 Å². The Morgan fingerprint density at radius 1 is 1.34 bits per heavy atom. The molecule has 3 aromatic heterocycles. The Morgan fingerprint density at radius 2 is 2.12 bits per heavy atom. The first-order valence-corrected chi connectivity index (χ1v) is 10.4. The first-order valence-electron chi connectivity index (χ1n) is 10.0. The summed E-state index contributed by atoms with van der Waals surface area (Å²) in [5, 5.41) is 8.02. The normalized spacial score (nSPS) is 12.8. The van der Waals surface area contributed by atoms with Crippen molar-refractivity contribution >= 4 is 22.5 Å². The van der Waals surface area contributed by atoms with E-state index in [1.54, 1.807) is 48.1 Å². The number of aromatic nitrogens is 6. The largest absolute Gasteiger partial charge is 0.495 e. The van der Waals surface area contributed by atoms with E-state index < -0.39 is 5.82 Å². The molecule has 0 saturated carbocycles. The summed E-state index contributed by atoms with van der Waals surface area (Å²) >= 11 is 6.21. The third-order valence-corrected chi connectivity index (χ3v) is 6.05. The van der Waals surface area contributed by atoms with Gasteiger partial charge in [-0.3, -0.25) is 10.00 Å². The van der Waals surface area contributed by atoms with E-state index in [4.69, 9.17) is 26.1 Å². The highest BCUT2D eigenvalue weighted by molar-refractivity contribution is 6.33. The summed E-state index contributed by atoms with van der Waals surface area (Å²) in [5.41, 5.74) is 1.63. The lowest BCUT2D eigenvalue weighted by molar-refractivity contribution is 0.141. The molecule has 0 spiro atoms. The van der Waals surface area contributed by atoms with Crippen LogP contribution in [0, 0.1) is 5.82 Å². The number of imidazole rings is 1. The van der Waals surface area contributed by atoms with Gasteiger partial charge in [0.25, 0.3) is 0 Å². The van der Waals surface area contributed by atoms with Crippen LogP contribution in [0.4, 0.5) is 4.39 Å². The number of hydrogen-bond donors (Lipinski definition) is 1. The number of nitrogens with zero attached hydrogens (tertiary/aromatic N) is 6. The van der Waals surface area contributed by atoms with Crippen molar-refractivity contribution < 1.29 is 13.9 Å². The summed E-state index contributed by atoms with van der Waals surface area (Å²) in [6.45, 7) is 3.38. The summed E-state index contributed by atoms with van der Waals surface area (Å²) in [5.74, 6) is 0.805. The van der Waals surface area contributed by atoms with E-state index in [1.807, 2.05) is 14.0 Å². The van der Waals surface area contributed by atoms with Crippen LogP contribution in [0.5, 0.6) is 5.75 Å². The van der Waals surface area contributed by atoms with Gasteiger partial charge in [-0.2, -0.15) is 5.10 Å². The summed E-state index contributed by atoms with van der Waals surface area (Å²) in [6, 6.07) is 1.69. The molecule has 1 atom stereocenters. The number of halogens is 2. The zero-order valence-electron chi connectivity index (χ0n) is 18.6. The second kappa shape index (κ2) is 8.89. The zero-order chi connectivity index (χ0) is 23.0. The minimum Gasteiger partial charge on any atom is -0.495 e. The van der Waals surface area contributed by atoms with E-state index in [0.29, 0.717) is 40.5 Å². The highest BCUT2D eigenvalue weighted by atomic mass is 35.5. The van der Waals surface area contributed by atoms with E-state index in [0.717, 1.165) is 6.54 Å². The van der Waals surface area contributed by atoms with Crippen LogP contribution in [0.1, 0.15) is 18.8 Å². The number of H-pyrrole nitrogens is 1. The van der Waals surface area contributed by atoms with Crippen LogP contribution >= 0.6 is 11.6 Å². The van der Waals surface area contributed by atoms with Crippen LogP contribution < -0.4 is 4.74 Å². The van der Waals surface area contributed by atoms with Gasteiger partial charge in [-0.05, 0) is 20.0 Å². The molecule has 0 saturated heterocycles. The topological polar surface area (TPSA) is 86.0 Å². The molecule has 1 N–H and O–H groups in total. The van der Waals surface area contributed by atoms with Crippen molar-refractivity contribution in [2.45, 2.75) is 13.0 Å².